The number of nitrogens with one attached hydrogen (secondary N) is 1. The van der Waals surface area contributed by atoms with Crippen molar-refractivity contribution in [3.8, 4) is 11.3 Å². The van der Waals surface area contributed by atoms with E-state index in [9.17, 15) is 14.4 Å². The maximum atomic E-state index is 13.6. The van der Waals surface area contributed by atoms with Crippen molar-refractivity contribution in [2.45, 2.75) is 32.6 Å². The van der Waals surface area contributed by atoms with Crippen molar-refractivity contribution in [2.24, 2.45) is 5.92 Å². The van der Waals surface area contributed by atoms with Crippen molar-refractivity contribution in [2.75, 3.05) is 36.5 Å². The topological polar surface area (TPSA) is 122 Å². The van der Waals surface area contributed by atoms with Crippen LogP contribution in [-0.4, -0.2) is 54.2 Å². The van der Waals surface area contributed by atoms with Crippen molar-refractivity contribution in [3.63, 3.8) is 0 Å². The lowest BCUT2D eigenvalue weighted by Crippen LogP contribution is -2.39. The summed E-state index contributed by atoms with van der Waals surface area (Å²) in [6.45, 7) is 3.75. The number of piperidine rings is 1. The molecule has 5 rings (SSSR count). The average Bonchev–Trinajstić information content (AvgIpc) is 3.30. The average molecular weight is 478 g/mol. The van der Waals surface area contributed by atoms with Crippen LogP contribution < -0.4 is 10.2 Å². The Morgan fingerprint density at radius 3 is 2.86 bits per heavy atom. The molecule has 0 radical (unpaired) electrons. The molecular formula is C26H27N3O6. The molecule has 2 aromatic carbocycles. The maximum Gasteiger partial charge on any atom is 0.310 e. The first kappa shape index (κ1) is 22.9. The Morgan fingerprint density at radius 2 is 2.09 bits per heavy atom. The third-order valence-electron chi connectivity index (χ3n) is 6.64. The first-order valence-corrected chi connectivity index (χ1v) is 12.0. The number of hydrogen-bond acceptors (Lipinski definition) is 8. The largest absolute Gasteiger partial charge is 0.481 e. The number of aromatic nitrogens is 1. The van der Waals surface area contributed by atoms with Crippen LogP contribution in [0.25, 0.3) is 22.2 Å². The number of esters is 1. The van der Waals surface area contributed by atoms with Crippen molar-refractivity contribution < 1.29 is 28.8 Å². The number of aliphatic carboxylic acids is 1. The highest BCUT2D eigenvalue weighted by molar-refractivity contribution is 6.28. The predicted molar refractivity (Wildman–Crippen MR) is 130 cm³/mol. The summed E-state index contributed by atoms with van der Waals surface area (Å²) in [5, 5.41) is 17.3. The third kappa shape index (κ3) is 4.11. The monoisotopic (exact) mass is 477 g/mol. The van der Waals surface area contributed by atoms with E-state index in [2.05, 4.69) is 15.4 Å². The van der Waals surface area contributed by atoms with Gasteiger partial charge in [-0.1, -0.05) is 29.4 Å². The van der Waals surface area contributed by atoms with Gasteiger partial charge < -0.3 is 24.6 Å². The van der Waals surface area contributed by atoms with Crippen molar-refractivity contribution in [1.29, 1.82) is 0 Å². The number of fused-ring (bicyclic) bond motifs is 2. The van der Waals surface area contributed by atoms with Gasteiger partial charge in [-0.05, 0) is 32.3 Å². The Bertz CT molecular complexity index is 1310. The minimum absolute atomic E-state index is 0.0279. The normalized spacial score (nSPS) is 16.8. The SMILES string of the molecule is CCOC(=O)C1CCCN(c2cc(NCCCC(=O)O)c3c4c(onc24)-c2ccccc2C3=O)C1. The zero-order valence-electron chi connectivity index (χ0n) is 19.5. The van der Waals surface area contributed by atoms with Gasteiger partial charge in [0.1, 0.15) is 5.52 Å². The molecule has 35 heavy (non-hydrogen) atoms. The van der Waals surface area contributed by atoms with E-state index < -0.39 is 5.97 Å². The number of carbonyl (C=O) groups is 3. The Hall–Kier alpha value is -3.88. The molecule has 1 aliphatic carbocycles. The van der Waals surface area contributed by atoms with Gasteiger partial charge in [0.15, 0.2) is 11.5 Å². The summed E-state index contributed by atoms with van der Waals surface area (Å²) in [5.74, 6) is -0.902. The van der Waals surface area contributed by atoms with E-state index in [-0.39, 0.29) is 24.1 Å². The van der Waals surface area contributed by atoms with Crippen LogP contribution in [-0.2, 0) is 14.3 Å². The lowest BCUT2D eigenvalue weighted by Gasteiger charge is -2.34. The van der Waals surface area contributed by atoms with Crippen molar-refractivity contribution in [1.82, 2.24) is 5.16 Å². The van der Waals surface area contributed by atoms with Gasteiger partial charge >= 0.3 is 11.9 Å². The van der Waals surface area contributed by atoms with Crippen LogP contribution in [0.4, 0.5) is 11.4 Å². The number of carboxylic acid groups (broad SMARTS) is 1. The van der Waals surface area contributed by atoms with Gasteiger partial charge in [0.25, 0.3) is 0 Å². The van der Waals surface area contributed by atoms with Crippen molar-refractivity contribution >= 4 is 40.0 Å². The second-order valence-corrected chi connectivity index (χ2v) is 8.89. The molecule has 182 valence electrons. The van der Waals surface area contributed by atoms with Gasteiger partial charge in [0.2, 0.25) is 0 Å². The highest BCUT2D eigenvalue weighted by atomic mass is 16.5. The predicted octanol–water partition coefficient (Wildman–Crippen LogP) is 4.10. The lowest BCUT2D eigenvalue weighted by atomic mass is 9.86. The van der Waals surface area contributed by atoms with Crippen LogP contribution in [0.15, 0.2) is 34.9 Å². The molecule has 0 spiro atoms. The number of benzene rings is 2. The quantitative estimate of drug-likeness (QED) is 0.285. The molecule has 1 aliphatic heterocycles. The summed E-state index contributed by atoms with van der Waals surface area (Å²) in [5.41, 5.74) is 3.69. The van der Waals surface area contributed by atoms with Crippen LogP contribution in [0.3, 0.4) is 0 Å². The van der Waals surface area contributed by atoms with E-state index in [4.69, 9.17) is 14.4 Å². The van der Waals surface area contributed by atoms with Crippen LogP contribution in [0.2, 0.25) is 0 Å². The van der Waals surface area contributed by atoms with Gasteiger partial charge in [-0.2, -0.15) is 0 Å². The highest BCUT2D eigenvalue weighted by Gasteiger charge is 2.35. The molecule has 2 heterocycles. The third-order valence-corrected chi connectivity index (χ3v) is 6.64. The Labute approximate surface area is 202 Å². The Balaban J connectivity index is 1.59. The smallest absolute Gasteiger partial charge is 0.310 e. The minimum atomic E-state index is -0.867. The number of hydrogen-bond donors (Lipinski definition) is 2. The van der Waals surface area contributed by atoms with E-state index in [1.165, 1.54) is 0 Å². The van der Waals surface area contributed by atoms with Gasteiger partial charge in [0, 0.05) is 42.9 Å². The highest BCUT2D eigenvalue weighted by Crippen LogP contribution is 2.46. The summed E-state index contributed by atoms with van der Waals surface area (Å²) < 4.78 is 11.1. The molecular weight excluding hydrogens is 450 g/mol. The standard InChI is InChI=1S/C26H27N3O6/c1-2-34-26(33)15-7-6-12-29(14-15)19-13-18(27-11-5-10-20(30)31)21-22-23(19)28-35-25(22)17-9-4-3-8-16(17)24(21)32/h3-4,8-9,13,15,27H,2,5-7,10-12,14H2,1H3,(H,30,31). The number of rotatable bonds is 8. The van der Waals surface area contributed by atoms with Gasteiger partial charge in [-0.15, -0.1) is 0 Å². The fourth-order valence-corrected chi connectivity index (χ4v) is 5.03. The summed E-state index contributed by atoms with van der Waals surface area (Å²) in [7, 11) is 0. The first-order valence-electron chi connectivity index (χ1n) is 12.0. The molecule has 3 aromatic rings. The van der Waals surface area contributed by atoms with Crippen LogP contribution in [0, 0.1) is 5.92 Å². The molecule has 2 N–H and O–H groups in total. The fourth-order valence-electron chi connectivity index (χ4n) is 5.03. The molecule has 1 fully saturated rings. The van der Waals surface area contributed by atoms with E-state index in [1.807, 2.05) is 24.3 Å². The lowest BCUT2D eigenvalue weighted by molar-refractivity contribution is -0.148. The fraction of sp³-hybridized carbons (Fsp3) is 0.385. The van der Waals surface area contributed by atoms with Gasteiger partial charge in [-0.3, -0.25) is 14.4 Å². The molecule has 9 heteroatoms. The first-order chi connectivity index (χ1) is 17.0. The van der Waals surface area contributed by atoms with Gasteiger partial charge in [-0.25, -0.2) is 0 Å². The molecule has 2 aliphatic rings. The number of ether oxygens (including phenoxy) is 1. The molecule has 1 atom stereocenters. The molecule has 0 saturated carbocycles. The second-order valence-electron chi connectivity index (χ2n) is 8.89. The van der Waals surface area contributed by atoms with Gasteiger partial charge in [0.05, 0.1) is 29.2 Å². The number of ketones is 1. The van der Waals surface area contributed by atoms with E-state index in [0.29, 0.717) is 65.2 Å². The summed E-state index contributed by atoms with van der Waals surface area (Å²) in [6, 6.07) is 9.16. The maximum absolute atomic E-state index is 13.6. The summed E-state index contributed by atoms with van der Waals surface area (Å²) >= 11 is 0. The van der Waals surface area contributed by atoms with E-state index in [1.54, 1.807) is 13.0 Å². The molecule has 9 nitrogen and oxygen atoms in total. The minimum Gasteiger partial charge on any atom is -0.481 e. The Morgan fingerprint density at radius 1 is 1.29 bits per heavy atom. The summed E-state index contributed by atoms with van der Waals surface area (Å²) in [6.07, 6.45) is 2.02. The molecule has 0 amide bonds. The molecule has 1 saturated heterocycles. The number of nitrogens with zero attached hydrogens (tertiary/aromatic N) is 2. The van der Waals surface area contributed by atoms with Crippen LogP contribution in [0.1, 0.15) is 48.5 Å². The van der Waals surface area contributed by atoms with Crippen molar-refractivity contribution in [3.05, 3.63) is 41.5 Å². The van der Waals surface area contributed by atoms with E-state index in [0.717, 1.165) is 25.1 Å². The second kappa shape index (κ2) is 9.40. The summed E-state index contributed by atoms with van der Waals surface area (Å²) in [4.78, 5) is 39.1. The van der Waals surface area contributed by atoms with E-state index >= 15 is 0 Å². The molecule has 1 aromatic heterocycles. The number of carboxylic acids is 1. The van der Waals surface area contributed by atoms with Crippen LogP contribution >= 0.6 is 0 Å². The Kier molecular flexibility index (Phi) is 6.15. The number of carbonyl (C=O) groups excluding carboxylic acids is 2. The zero-order valence-corrected chi connectivity index (χ0v) is 19.5. The van der Waals surface area contributed by atoms with Crippen LogP contribution in [0.5, 0.6) is 0 Å². The molecule has 1 unspecified atom stereocenters. The zero-order chi connectivity index (χ0) is 24.5. The number of anilines is 2. The molecule has 0 bridgehead atoms.